The normalized spacial score (nSPS) is 27.5. The molecule has 98 valence electrons. The van der Waals surface area contributed by atoms with Crippen LogP contribution in [0.4, 0.5) is 0 Å². The van der Waals surface area contributed by atoms with E-state index in [9.17, 15) is 14.7 Å². The molecule has 3 N–H and O–H groups in total. The molecule has 1 amide bonds. The minimum Gasteiger partial charge on any atom is -0.481 e. The molecule has 0 aliphatic carbocycles. The minimum absolute atomic E-state index is 0.0925. The zero-order valence-electron chi connectivity index (χ0n) is 10.1. The molecule has 1 rings (SSSR count). The van der Waals surface area contributed by atoms with Crippen LogP contribution in [0.3, 0.4) is 0 Å². The van der Waals surface area contributed by atoms with Crippen molar-refractivity contribution in [3.05, 3.63) is 0 Å². The largest absolute Gasteiger partial charge is 0.481 e. The third-order valence-corrected chi connectivity index (χ3v) is 2.82. The molecule has 0 aromatic heterocycles. The van der Waals surface area contributed by atoms with E-state index in [0.29, 0.717) is 6.61 Å². The van der Waals surface area contributed by atoms with Crippen LogP contribution in [0.15, 0.2) is 0 Å². The lowest BCUT2D eigenvalue weighted by atomic mass is 10.0. The van der Waals surface area contributed by atoms with Crippen LogP contribution in [0.1, 0.15) is 26.7 Å². The molecule has 0 radical (unpaired) electrons. The van der Waals surface area contributed by atoms with E-state index in [1.807, 2.05) is 6.92 Å². The van der Waals surface area contributed by atoms with Crippen molar-refractivity contribution in [2.24, 2.45) is 5.92 Å². The first-order valence-corrected chi connectivity index (χ1v) is 5.65. The van der Waals surface area contributed by atoms with Crippen LogP contribution in [0.2, 0.25) is 0 Å². The summed E-state index contributed by atoms with van der Waals surface area (Å²) in [7, 11) is 0. The lowest BCUT2D eigenvalue weighted by Crippen LogP contribution is -2.46. The number of hydrogen-bond donors (Lipinski definition) is 3. The number of carboxylic acids is 1. The van der Waals surface area contributed by atoms with E-state index in [0.717, 1.165) is 6.42 Å². The van der Waals surface area contributed by atoms with Crippen molar-refractivity contribution in [2.75, 3.05) is 13.2 Å². The topological polar surface area (TPSA) is 95.9 Å². The molecule has 1 aliphatic heterocycles. The van der Waals surface area contributed by atoms with Crippen molar-refractivity contribution in [1.29, 1.82) is 0 Å². The summed E-state index contributed by atoms with van der Waals surface area (Å²) in [4.78, 5) is 22.2. The second-order valence-corrected chi connectivity index (χ2v) is 4.84. The molecule has 1 heterocycles. The van der Waals surface area contributed by atoms with Gasteiger partial charge in [-0.15, -0.1) is 0 Å². The van der Waals surface area contributed by atoms with Gasteiger partial charge in [-0.1, -0.05) is 6.92 Å². The maximum Gasteiger partial charge on any atom is 0.306 e. The molecule has 17 heavy (non-hydrogen) atoms. The number of carboxylic acid groups (broad SMARTS) is 1. The van der Waals surface area contributed by atoms with E-state index in [1.165, 1.54) is 6.92 Å². The summed E-state index contributed by atoms with van der Waals surface area (Å²) in [5.41, 5.74) is -1.44. The Kier molecular flexibility index (Phi) is 4.47. The average molecular weight is 245 g/mol. The number of rotatable bonds is 5. The highest BCUT2D eigenvalue weighted by atomic mass is 16.5. The van der Waals surface area contributed by atoms with Crippen LogP contribution < -0.4 is 5.32 Å². The number of carbonyl (C=O) groups is 2. The standard InChI is InChI=1S/C11H19NO5/c1-7-3-4-17-9(7)10(15)12-6-11(2,16)5-8(13)14/h7,9,16H,3-6H2,1-2H3,(H,12,15)(H,13,14). The number of amides is 1. The summed E-state index contributed by atoms with van der Waals surface area (Å²) < 4.78 is 5.26. The van der Waals surface area contributed by atoms with Gasteiger partial charge in [-0.3, -0.25) is 9.59 Å². The van der Waals surface area contributed by atoms with Gasteiger partial charge >= 0.3 is 5.97 Å². The van der Waals surface area contributed by atoms with E-state index in [1.54, 1.807) is 0 Å². The third-order valence-electron chi connectivity index (χ3n) is 2.82. The molecule has 0 saturated carbocycles. The quantitative estimate of drug-likeness (QED) is 0.621. The van der Waals surface area contributed by atoms with Gasteiger partial charge in [-0.05, 0) is 19.3 Å². The summed E-state index contributed by atoms with van der Waals surface area (Å²) in [5.74, 6) is -1.24. The van der Waals surface area contributed by atoms with Gasteiger partial charge in [0.05, 0.1) is 12.0 Å². The summed E-state index contributed by atoms with van der Waals surface area (Å²) in [6.07, 6.45) is -0.0616. The fourth-order valence-corrected chi connectivity index (χ4v) is 1.80. The van der Waals surface area contributed by atoms with Crippen LogP contribution >= 0.6 is 0 Å². The maximum atomic E-state index is 11.7. The summed E-state index contributed by atoms with van der Waals surface area (Å²) in [6.45, 7) is 3.77. The van der Waals surface area contributed by atoms with Crippen LogP contribution in [-0.4, -0.2) is 46.9 Å². The van der Waals surface area contributed by atoms with Crippen molar-refractivity contribution >= 4 is 11.9 Å². The van der Waals surface area contributed by atoms with E-state index in [-0.39, 0.29) is 18.4 Å². The maximum absolute atomic E-state index is 11.7. The zero-order chi connectivity index (χ0) is 13.1. The van der Waals surface area contributed by atoms with E-state index >= 15 is 0 Å². The number of aliphatic hydroxyl groups is 1. The first kappa shape index (κ1) is 13.9. The molecule has 3 atom stereocenters. The average Bonchev–Trinajstić information content (AvgIpc) is 2.59. The highest BCUT2D eigenvalue weighted by molar-refractivity contribution is 5.81. The molecule has 1 aliphatic rings. The number of hydrogen-bond acceptors (Lipinski definition) is 4. The molecule has 1 fully saturated rings. The SMILES string of the molecule is CC1CCOC1C(=O)NCC(C)(O)CC(=O)O. The van der Waals surface area contributed by atoms with Crippen LogP contribution in [0.5, 0.6) is 0 Å². The molecule has 0 spiro atoms. The second kappa shape index (κ2) is 5.46. The van der Waals surface area contributed by atoms with Crippen molar-refractivity contribution in [3.63, 3.8) is 0 Å². The number of ether oxygens (including phenoxy) is 1. The Morgan fingerprint density at radius 1 is 1.53 bits per heavy atom. The summed E-state index contributed by atoms with van der Waals surface area (Å²) in [6, 6.07) is 0. The molecule has 0 aromatic rings. The number of carbonyl (C=O) groups excluding carboxylic acids is 1. The molecular formula is C11H19NO5. The van der Waals surface area contributed by atoms with Gasteiger partial charge in [-0.25, -0.2) is 0 Å². The lowest BCUT2D eigenvalue weighted by Gasteiger charge is -2.23. The first-order chi connectivity index (χ1) is 7.82. The molecule has 6 heteroatoms. The smallest absolute Gasteiger partial charge is 0.306 e. The number of nitrogens with one attached hydrogen (secondary N) is 1. The third kappa shape index (κ3) is 4.32. The summed E-state index contributed by atoms with van der Waals surface area (Å²) in [5, 5.41) is 20.8. The van der Waals surface area contributed by atoms with Crippen molar-refractivity contribution in [3.8, 4) is 0 Å². The highest BCUT2D eigenvalue weighted by Gasteiger charge is 2.32. The molecule has 1 saturated heterocycles. The first-order valence-electron chi connectivity index (χ1n) is 5.65. The highest BCUT2D eigenvalue weighted by Crippen LogP contribution is 2.20. The van der Waals surface area contributed by atoms with Gasteiger partial charge in [0.1, 0.15) is 6.10 Å². The Balaban J connectivity index is 2.39. The van der Waals surface area contributed by atoms with E-state index in [4.69, 9.17) is 9.84 Å². The predicted molar refractivity (Wildman–Crippen MR) is 59.4 cm³/mol. The second-order valence-electron chi connectivity index (χ2n) is 4.84. The van der Waals surface area contributed by atoms with Crippen LogP contribution in [0, 0.1) is 5.92 Å². The Labute approximate surface area is 100.0 Å². The van der Waals surface area contributed by atoms with Crippen LogP contribution in [0.25, 0.3) is 0 Å². The molecule has 0 aromatic carbocycles. The fraction of sp³-hybridized carbons (Fsp3) is 0.818. The van der Waals surface area contributed by atoms with Gasteiger partial charge in [0.2, 0.25) is 5.91 Å². The summed E-state index contributed by atoms with van der Waals surface area (Å²) >= 11 is 0. The van der Waals surface area contributed by atoms with Crippen molar-refractivity contribution in [1.82, 2.24) is 5.32 Å². The Morgan fingerprint density at radius 3 is 2.65 bits per heavy atom. The van der Waals surface area contributed by atoms with Gasteiger partial charge < -0.3 is 20.3 Å². The van der Waals surface area contributed by atoms with Gasteiger partial charge in [0.25, 0.3) is 0 Å². The lowest BCUT2D eigenvalue weighted by molar-refractivity contribution is -0.143. The van der Waals surface area contributed by atoms with Gasteiger partial charge in [0, 0.05) is 13.2 Å². The van der Waals surface area contributed by atoms with Crippen molar-refractivity contribution < 1.29 is 24.5 Å². The molecular weight excluding hydrogens is 226 g/mol. The predicted octanol–water partition coefficient (Wildman–Crippen LogP) is -0.247. The van der Waals surface area contributed by atoms with Crippen molar-refractivity contribution in [2.45, 2.75) is 38.4 Å². The Bertz CT molecular complexity index is 302. The fourth-order valence-electron chi connectivity index (χ4n) is 1.80. The zero-order valence-corrected chi connectivity index (χ0v) is 10.1. The minimum atomic E-state index is -1.44. The van der Waals surface area contributed by atoms with E-state index < -0.39 is 24.1 Å². The molecule has 3 unspecified atom stereocenters. The molecule has 6 nitrogen and oxygen atoms in total. The van der Waals surface area contributed by atoms with E-state index in [2.05, 4.69) is 5.32 Å². The monoisotopic (exact) mass is 245 g/mol. The Hall–Kier alpha value is -1.14. The molecule has 0 bridgehead atoms. The number of aliphatic carboxylic acids is 1. The van der Waals surface area contributed by atoms with Gasteiger partial charge in [-0.2, -0.15) is 0 Å². The van der Waals surface area contributed by atoms with Gasteiger partial charge in [0.15, 0.2) is 0 Å². The Morgan fingerprint density at radius 2 is 2.18 bits per heavy atom. The van der Waals surface area contributed by atoms with Crippen LogP contribution in [-0.2, 0) is 14.3 Å².